The second kappa shape index (κ2) is 7.55. The second-order valence-corrected chi connectivity index (χ2v) is 23.4. The number of H-pyrrole nitrogens is 1. The Bertz CT molecular complexity index is 866. The lowest BCUT2D eigenvalue weighted by molar-refractivity contribution is -0.0467. The molecule has 3 N–H and O–H groups in total. The van der Waals surface area contributed by atoms with Crippen LogP contribution in [0.25, 0.3) is 0 Å². The molecule has 3 atom stereocenters. The third kappa shape index (κ3) is 3.33. The highest BCUT2D eigenvalue weighted by atomic mass is 28.4. The minimum atomic E-state index is -2.45. The summed E-state index contributed by atoms with van der Waals surface area (Å²) in [5.41, 5.74) is -1.03. The molecular weight excluding hydrogens is 416 g/mol. The van der Waals surface area contributed by atoms with Gasteiger partial charge < -0.3 is 14.9 Å². The number of nitrogens with zero attached hydrogens (tertiary/aromatic N) is 1. The SMILES string of the molecule is CC(C)(C)[Si](C)(C)C1([Si](C)(C)C(C)(C)C)C(O)[C@H](CO)O[C@@H]1n1ccc(=O)[nH]c1=O. The summed E-state index contributed by atoms with van der Waals surface area (Å²) in [6.45, 7) is 21.9. The van der Waals surface area contributed by atoms with Gasteiger partial charge in [0.05, 0.1) is 28.9 Å². The Kier molecular flexibility index (Phi) is 6.35. The summed E-state index contributed by atoms with van der Waals surface area (Å²) in [7, 11) is -4.89. The first-order chi connectivity index (χ1) is 13.4. The van der Waals surface area contributed by atoms with Crippen molar-refractivity contribution in [1.29, 1.82) is 0 Å². The number of hydrogen-bond acceptors (Lipinski definition) is 5. The summed E-state index contributed by atoms with van der Waals surface area (Å²) in [5.74, 6) is 0. The normalized spacial score (nSPS) is 25.5. The Balaban J connectivity index is 3.05. The van der Waals surface area contributed by atoms with E-state index in [0.717, 1.165) is 0 Å². The Hall–Kier alpha value is -1.01. The van der Waals surface area contributed by atoms with Crippen molar-refractivity contribution >= 4 is 16.1 Å². The maximum atomic E-state index is 12.9. The zero-order chi connectivity index (χ0) is 23.5. The van der Waals surface area contributed by atoms with E-state index in [2.05, 4.69) is 72.7 Å². The molecule has 1 aliphatic rings. The minimum Gasteiger partial charge on any atom is -0.394 e. The van der Waals surface area contributed by atoms with Crippen LogP contribution in [0.1, 0.15) is 47.8 Å². The van der Waals surface area contributed by atoms with Crippen molar-refractivity contribution in [3.05, 3.63) is 33.1 Å². The average Bonchev–Trinajstić information content (AvgIpc) is 2.86. The Morgan fingerprint density at radius 3 is 1.90 bits per heavy atom. The number of ether oxygens (including phenoxy) is 1. The highest BCUT2D eigenvalue weighted by Gasteiger charge is 2.75. The number of aliphatic hydroxyl groups excluding tert-OH is 2. The van der Waals surface area contributed by atoms with E-state index in [9.17, 15) is 19.8 Å². The van der Waals surface area contributed by atoms with E-state index in [-0.39, 0.29) is 16.7 Å². The summed E-state index contributed by atoms with van der Waals surface area (Å²) in [5, 5.41) is 21.7. The van der Waals surface area contributed by atoms with E-state index in [1.807, 2.05) is 0 Å². The first-order valence-electron chi connectivity index (χ1n) is 10.6. The van der Waals surface area contributed by atoms with E-state index in [1.54, 1.807) is 0 Å². The molecule has 2 rings (SSSR count). The molecule has 0 aliphatic carbocycles. The Labute approximate surface area is 181 Å². The van der Waals surface area contributed by atoms with Crippen LogP contribution < -0.4 is 11.2 Å². The fourth-order valence-corrected chi connectivity index (χ4v) is 19.7. The third-order valence-corrected chi connectivity index (χ3v) is 25.1. The molecule has 2 heterocycles. The highest BCUT2D eigenvalue weighted by molar-refractivity contribution is 7.02. The summed E-state index contributed by atoms with van der Waals surface area (Å²) < 4.78 is 7.03. The fraction of sp³-hybridized carbons (Fsp3) is 0.810. The number of aromatic amines is 1. The predicted octanol–water partition coefficient (Wildman–Crippen LogP) is 3.08. The first-order valence-corrected chi connectivity index (χ1v) is 16.6. The summed E-state index contributed by atoms with van der Waals surface area (Å²) >= 11 is 0. The predicted molar refractivity (Wildman–Crippen MR) is 125 cm³/mol. The van der Waals surface area contributed by atoms with E-state index < -0.39 is 50.5 Å². The molecule has 0 aromatic carbocycles. The Morgan fingerprint density at radius 2 is 1.53 bits per heavy atom. The van der Waals surface area contributed by atoms with Gasteiger partial charge in [-0.25, -0.2) is 4.79 Å². The van der Waals surface area contributed by atoms with Gasteiger partial charge in [0, 0.05) is 16.9 Å². The van der Waals surface area contributed by atoms with E-state index >= 15 is 0 Å². The molecule has 1 aromatic rings. The van der Waals surface area contributed by atoms with Crippen molar-refractivity contribution in [3.63, 3.8) is 0 Å². The first kappa shape index (κ1) is 25.3. The van der Waals surface area contributed by atoms with Gasteiger partial charge in [-0.3, -0.25) is 14.3 Å². The molecule has 1 aliphatic heterocycles. The standard InChI is InChI=1S/C21H40N2O5Si2/c1-19(2,3)29(7,8)21(30(9,10)20(4,5)6)16(26)14(13-24)28-17(21)23-12-11-15(25)22-18(23)27/h11-12,14,16-17,24,26H,13H2,1-10H3,(H,22,25,27)/t14-,16?,17-/m0/s1. The van der Waals surface area contributed by atoms with Gasteiger partial charge in [-0.1, -0.05) is 67.7 Å². The van der Waals surface area contributed by atoms with Crippen LogP contribution in [0.5, 0.6) is 0 Å². The maximum absolute atomic E-state index is 12.9. The van der Waals surface area contributed by atoms with Gasteiger partial charge >= 0.3 is 5.69 Å². The summed E-state index contributed by atoms with van der Waals surface area (Å²) in [4.78, 5) is 27.0. The van der Waals surface area contributed by atoms with Crippen LogP contribution in [0.2, 0.25) is 40.9 Å². The van der Waals surface area contributed by atoms with Crippen molar-refractivity contribution in [1.82, 2.24) is 9.55 Å². The molecule has 30 heavy (non-hydrogen) atoms. The summed E-state index contributed by atoms with van der Waals surface area (Å²) in [6, 6.07) is 1.31. The zero-order valence-electron chi connectivity index (χ0n) is 20.2. The zero-order valence-corrected chi connectivity index (χ0v) is 22.2. The lowest BCUT2D eigenvalue weighted by Gasteiger charge is -2.63. The van der Waals surface area contributed by atoms with Gasteiger partial charge in [-0.15, -0.1) is 0 Å². The Morgan fingerprint density at radius 1 is 1.07 bits per heavy atom. The van der Waals surface area contributed by atoms with E-state index in [0.29, 0.717) is 0 Å². The van der Waals surface area contributed by atoms with Crippen LogP contribution in [0.4, 0.5) is 0 Å². The van der Waals surface area contributed by atoms with Crippen LogP contribution >= 0.6 is 0 Å². The number of hydrogen-bond donors (Lipinski definition) is 3. The lowest BCUT2D eigenvalue weighted by atomic mass is 10.1. The number of aromatic nitrogens is 2. The highest BCUT2D eigenvalue weighted by Crippen LogP contribution is 2.71. The molecule has 0 saturated carbocycles. The largest absolute Gasteiger partial charge is 0.394 e. The van der Waals surface area contributed by atoms with Crippen LogP contribution in [0.3, 0.4) is 0 Å². The number of aliphatic hydroxyl groups is 2. The molecule has 1 aromatic heterocycles. The van der Waals surface area contributed by atoms with Crippen molar-refractivity contribution < 1.29 is 14.9 Å². The number of nitrogens with one attached hydrogen (secondary N) is 1. The second-order valence-electron chi connectivity index (χ2n) is 11.8. The van der Waals surface area contributed by atoms with Crippen LogP contribution in [0, 0.1) is 0 Å². The molecular formula is C21H40N2O5Si2. The quantitative estimate of drug-likeness (QED) is 0.604. The van der Waals surface area contributed by atoms with Gasteiger partial charge in [-0.2, -0.15) is 0 Å². The topological polar surface area (TPSA) is 105 Å². The molecule has 1 saturated heterocycles. The molecule has 0 spiro atoms. The molecule has 0 bridgehead atoms. The molecule has 0 amide bonds. The van der Waals surface area contributed by atoms with Crippen molar-refractivity contribution in [2.45, 2.75) is 101 Å². The molecule has 9 heteroatoms. The molecule has 1 unspecified atom stereocenters. The lowest BCUT2D eigenvalue weighted by Crippen LogP contribution is -2.70. The van der Waals surface area contributed by atoms with Gasteiger partial charge in [0.2, 0.25) is 0 Å². The van der Waals surface area contributed by atoms with Gasteiger partial charge in [0.15, 0.2) is 0 Å². The monoisotopic (exact) mass is 456 g/mol. The fourth-order valence-electron chi connectivity index (χ4n) is 5.21. The average molecular weight is 457 g/mol. The van der Waals surface area contributed by atoms with Crippen LogP contribution in [-0.4, -0.2) is 54.7 Å². The van der Waals surface area contributed by atoms with Crippen molar-refractivity contribution in [2.24, 2.45) is 0 Å². The van der Waals surface area contributed by atoms with Crippen molar-refractivity contribution in [2.75, 3.05) is 6.61 Å². The molecule has 7 nitrogen and oxygen atoms in total. The van der Waals surface area contributed by atoms with Crippen molar-refractivity contribution in [3.8, 4) is 0 Å². The molecule has 1 fully saturated rings. The van der Waals surface area contributed by atoms with Gasteiger partial charge in [0.25, 0.3) is 5.56 Å². The van der Waals surface area contributed by atoms with E-state index in [4.69, 9.17) is 4.74 Å². The van der Waals surface area contributed by atoms with Gasteiger partial charge in [0.1, 0.15) is 12.3 Å². The van der Waals surface area contributed by atoms with Gasteiger partial charge in [-0.05, 0) is 10.1 Å². The minimum absolute atomic E-state index is 0.124. The molecule has 0 radical (unpaired) electrons. The summed E-state index contributed by atoms with van der Waals surface area (Å²) in [6.07, 6.45) is -1.02. The smallest absolute Gasteiger partial charge is 0.330 e. The molecule has 172 valence electrons. The number of rotatable bonds is 4. The van der Waals surface area contributed by atoms with E-state index in [1.165, 1.54) is 16.8 Å². The van der Waals surface area contributed by atoms with Crippen LogP contribution in [-0.2, 0) is 4.74 Å². The van der Waals surface area contributed by atoms with Crippen LogP contribution in [0.15, 0.2) is 21.9 Å². The maximum Gasteiger partial charge on any atom is 0.330 e. The third-order valence-electron chi connectivity index (χ3n) is 8.61.